The molecule has 1 nitrogen and oxygen atoms in total. The second-order valence-corrected chi connectivity index (χ2v) is 18.9. The van der Waals surface area contributed by atoms with Gasteiger partial charge in [0.05, 0.1) is 11.4 Å². The van der Waals surface area contributed by atoms with Gasteiger partial charge in [0, 0.05) is 35.6 Å². The highest BCUT2D eigenvalue weighted by molar-refractivity contribution is 14.1. The summed E-state index contributed by atoms with van der Waals surface area (Å²) in [4.78, 5) is 2.53. The Bertz CT molecular complexity index is 2580. The lowest BCUT2D eigenvalue weighted by Gasteiger charge is -2.29. The van der Waals surface area contributed by atoms with Gasteiger partial charge in [0.25, 0.3) is 0 Å². The first-order valence-corrected chi connectivity index (χ1v) is 20.3. The highest BCUT2D eigenvalue weighted by Crippen LogP contribution is 2.55. The van der Waals surface area contributed by atoms with Crippen LogP contribution in [-0.2, 0) is 16.2 Å². The zero-order valence-corrected chi connectivity index (χ0v) is 34.3. The quantitative estimate of drug-likeness (QED) is 0.160. The van der Waals surface area contributed by atoms with E-state index in [1.807, 2.05) is 11.3 Å². The summed E-state index contributed by atoms with van der Waals surface area (Å²) in [6, 6.07) is 44.0. The standard InChI is InChI=1S/C49H44INS/c1-29-42(50)24-30(33-16-13-19-40-46(33)35-15-10-12-18-39(35)48(40,5)6)25-43(29)51(32-22-20-31(21-23-32)47(2,3)4)44-28-52-45-27-41-36(26-37(44)45)34-14-9-11-17-38(34)49(41,7)8/h9-28H,1-8H3. The number of hydrogen-bond donors (Lipinski definition) is 0. The molecule has 6 aromatic carbocycles. The van der Waals surface area contributed by atoms with Gasteiger partial charge >= 0.3 is 0 Å². The fourth-order valence-electron chi connectivity index (χ4n) is 8.95. The van der Waals surface area contributed by atoms with Crippen molar-refractivity contribution in [3.63, 3.8) is 0 Å². The van der Waals surface area contributed by atoms with Gasteiger partial charge in [-0.05, 0) is 138 Å². The lowest BCUT2D eigenvalue weighted by molar-refractivity contribution is 0.590. The van der Waals surface area contributed by atoms with Crippen molar-refractivity contribution in [2.75, 3.05) is 4.90 Å². The van der Waals surface area contributed by atoms with Crippen LogP contribution >= 0.6 is 33.9 Å². The van der Waals surface area contributed by atoms with Gasteiger partial charge in [-0.1, -0.05) is 127 Å². The third-order valence-corrected chi connectivity index (χ3v) is 14.0. The summed E-state index contributed by atoms with van der Waals surface area (Å²) < 4.78 is 2.59. The van der Waals surface area contributed by atoms with E-state index in [-0.39, 0.29) is 16.2 Å². The van der Waals surface area contributed by atoms with Crippen LogP contribution in [0, 0.1) is 10.5 Å². The van der Waals surface area contributed by atoms with Crippen LogP contribution in [0.3, 0.4) is 0 Å². The average molecular weight is 806 g/mol. The van der Waals surface area contributed by atoms with Gasteiger partial charge in [0.15, 0.2) is 0 Å². The number of rotatable bonds is 4. The van der Waals surface area contributed by atoms with Crippen LogP contribution in [0.4, 0.5) is 17.1 Å². The lowest BCUT2D eigenvalue weighted by Crippen LogP contribution is -2.15. The largest absolute Gasteiger partial charge is 0.309 e. The van der Waals surface area contributed by atoms with Crippen LogP contribution in [0.15, 0.2) is 121 Å². The van der Waals surface area contributed by atoms with E-state index < -0.39 is 0 Å². The van der Waals surface area contributed by atoms with E-state index in [0.29, 0.717) is 0 Å². The molecule has 0 saturated carbocycles. The summed E-state index contributed by atoms with van der Waals surface area (Å²) in [5, 5.41) is 3.68. The minimum absolute atomic E-state index is 0.0309. The molecular formula is C49H44INS. The molecule has 0 unspecified atom stereocenters. The van der Waals surface area contributed by atoms with E-state index in [1.54, 1.807) is 0 Å². The van der Waals surface area contributed by atoms with Gasteiger partial charge < -0.3 is 4.90 Å². The van der Waals surface area contributed by atoms with Crippen molar-refractivity contribution < 1.29 is 0 Å². The molecule has 258 valence electrons. The number of halogens is 1. The van der Waals surface area contributed by atoms with E-state index in [9.17, 15) is 0 Å². The Morgan fingerprint density at radius 2 is 1.21 bits per heavy atom. The van der Waals surface area contributed by atoms with Crippen molar-refractivity contribution in [2.45, 2.75) is 71.6 Å². The maximum absolute atomic E-state index is 2.57. The second-order valence-electron chi connectivity index (χ2n) is 16.8. The van der Waals surface area contributed by atoms with Crippen LogP contribution < -0.4 is 4.90 Å². The molecule has 0 saturated heterocycles. The fraction of sp³-hybridized carbons (Fsp3) is 0.224. The van der Waals surface area contributed by atoms with E-state index in [1.165, 1.54) is 97.5 Å². The smallest absolute Gasteiger partial charge is 0.0647 e. The third kappa shape index (κ3) is 4.91. The molecule has 2 aliphatic carbocycles. The van der Waals surface area contributed by atoms with Crippen molar-refractivity contribution in [3.05, 3.63) is 158 Å². The summed E-state index contributed by atoms with van der Waals surface area (Å²) in [5.74, 6) is 0. The Morgan fingerprint density at radius 1 is 0.596 bits per heavy atom. The number of fused-ring (bicyclic) bond motifs is 7. The average Bonchev–Trinajstić information content (AvgIpc) is 3.72. The zero-order chi connectivity index (χ0) is 36.3. The monoisotopic (exact) mass is 805 g/mol. The Kier molecular flexibility index (Phi) is 7.54. The minimum atomic E-state index is -0.0491. The molecular weight excluding hydrogens is 762 g/mol. The van der Waals surface area contributed by atoms with Crippen LogP contribution in [-0.4, -0.2) is 0 Å². The summed E-state index contributed by atoms with van der Waals surface area (Å²) in [6.07, 6.45) is 0. The van der Waals surface area contributed by atoms with Crippen LogP contribution in [0.1, 0.15) is 81.8 Å². The lowest BCUT2D eigenvalue weighted by atomic mass is 9.82. The number of nitrogens with zero attached hydrogens (tertiary/aromatic N) is 1. The molecule has 1 heterocycles. The van der Waals surface area contributed by atoms with Crippen molar-refractivity contribution in [2.24, 2.45) is 0 Å². The van der Waals surface area contributed by atoms with Gasteiger partial charge in [-0.15, -0.1) is 11.3 Å². The van der Waals surface area contributed by atoms with Crippen molar-refractivity contribution in [1.29, 1.82) is 0 Å². The molecule has 9 rings (SSSR count). The van der Waals surface area contributed by atoms with E-state index >= 15 is 0 Å². The van der Waals surface area contributed by atoms with Crippen LogP contribution in [0.5, 0.6) is 0 Å². The van der Waals surface area contributed by atoms with Gasteiger partial charge in [0.1, 0.15) is 0 Å². The van der Waals surface area contributed by atoms with Crippen molar-refractivity contribution in [3.8, 4) is 33.4 Å². The van der Waals surface area contributed by atoms with Crippen molar-refractivity contribution >= 4 is 61.1 Å². The molecule has 1 aromatic heterocycles. The molecule has 52 heavy (non-hydrogen) atoms. The molecule has 0 amide bonds. The first kappa shape index (κ1) is 33.6. The molecule has 0 radical (unpaired) electrons. The Morgan fingerprint density at radius 3 is 1.92 bits per heavy atom. The Balaban J connectivity index is 1.29. The molecule has 0 aliphatic heterocycles. The Hall–Kier alpha value is -4.19. The first-order valence-electron chi connectivity index (χ1n) is 18.4. The van der Waals surface area contributed by atoms with Crippen LogP contribution in [0.25, 0.3) is 43.5 Å². The third-order valence-electron chi connectivity index (χ3n) is 12.0. The van der Waals surface area contributed by atoms with E-state index in [2.05, 4.69) is 204 Å². The number of anilines is 3. The second kappa shape index (κ2) is 11.7. The molecule has 0 atom stereocenters. The van der Waals surface area contributed by atoms with E-state index in [4.69, 9.17) is 0 Å². The molecule has 0 bridgehead atoms. The topological polar surface area (TPSA) is 3.24 Å². The predicted octanol–water partition coefficient (Wildman–Crippen LogP) is 14.9. The molecule has 2 aliphatic rings. The van der Waals surface area contributed by atoms with E-state index in [0.717, 1.165) is 0 Å². The van der Waals surface area contributed by atoms with Crippen molar-refractivity contribution in [1.82, 2.24) is 0 Å². The summed E-state index contributed by atoms with van der Waals surface area (Å²) in [7, 11) is 0. The summed E-state index contributed by atoms with van der Waals surface area (Å²) in [6.45, 7) is 18.6. The highest BCUT2D eigenvalue weighted by Gasteiger charge is 2.38. The van der Waals surface area contributed by atoms with Gasteiger partial charge in [0.2, 0.25) is 0 Å². The van der Waals surface area contributed by atoms with Gasteiger partial charge in [-0.2, -0.15) is 0 Å². The predicted molar refractivity (Wildman–Crippen MR) is 233 cm³/mol. The Labute approximate surface area is 326 Å². The number of benzene rings is 6. The maximum Gasteiger partial charge on any atom is 0.0647 e. The molecule has 0 N–H and O–H groups in total. The molecule has 3 heteroatoms. The summed E-state index contributed by atoms with van der Waals surface area (Å²) >= 11 is 4.43. The fourth-order valence-corrected chi connectivity index (χ4v) is 10.5. The maximum atomic E-state index is 2.57. The molecule has 7 aromatic rings. The normalized spacial score (nSPS) is 14.9. The van der Waals surface area contributed by atoms with Gasteiger partial charge in [-0.25, -0.2) is 0 Å². The van der Waals surface area contributed by atoms with Gasteiger partial charge in [-0.3, -0.25) is 0 Å². The zero-order valence-electron chi connectivity index (χ0n) is 31.3. The summed E-state index contributed by atoms with van der Waals surface area (Å²) in [5.41, 5.74) is 19.9. The van der Waals surface area contributed by atoms with Crippen LogP contribution in [0.2, 0.25) is 0 Å². The minimum Gasteiger partial charge on any atom is -0.309 e. The molecule has 0 spiro atoms. The first-order chi connectivity index (χ1) is 24.8. The molecule has 0 fully saturated rings. The SMILES string of the molecule is Cc1c(I)cc(-c2cccc3c2-c2ccccc2C3(C)C)cc1N(c1ccc(C(C)(C)C)cc1)c1csc2cc3c(cc12)-c1ccccc1C3(C)C. The highest BCUT2D eigenvalue weighted by atomic mass is 127. The number of hydrogen-bond acceptors (Lipinski definition) is 2. The number of thiophene rings is 1.